The molecule has 0 bridgehead atoms. The van der Waals surface area contributed by atoms with Gasteiger partial charge in [-0.15, -0.1) is 0 Å². The van der Waals surface area contributed by atoms with E-state index in [0.29, 0.717) is 25.7 Å². The SMILES string of the molecule is COC(=O)ON(C(CCC=C(C)C)CCc1ccccc1)S(C)(=O)=O. The molecule has 6 nitrogen and oxygen atoms in total. The summed E-state index contributed by atoms with van der Waals surface area (Å²) in [5.41, 5.74) is 2.25. The Balaban J connectivity index is 2.94. The number of allylic oxidation sites excluding steroid dienone is 2. The van der Waals surface area contributed by atoms with Gasteiger partial charge < -0.3 is 9.57 Å². The van der Waals surface area contributed by atoms with Gasteiger partial charge in [0.25, 0.3) is 0 Å². The van der Waals surface area contributed by atoms with Gasteiger partial charge in [-0.1, -0.05) is 42.0 Å². The van der Waals surface area contributed by atoms with Crippen LogP contribution in [0, 0.1) is 0 Å². The molecule has 0 aliphatic carbocycles. The molecule has 0 heterocycles. The average Bonchev–Trinajstić information content (AvgIpc) is 2.55. The highest BCUT2D eigenvalue weighted by atomic mass is 32.2. The van der Waals surface area contributed by atoms with E-state index in [1.54, 1.807) is 0 Å². The molecule has 0 aromatic heterocycles. The van der Waals surface area contributed by atoms with Crippen molar-refractivity contribution >= 4 is 16.2 Å². The monoisotopic (exact) mass is 369 g/mol. The number of nitrogens with zero attached hydrogens (tertiary/aromatic N) is 1. The lowest BCUT2D eigenvalue weighted by Gasteiger charge is -2.27. The summed E-state index contributed by atoms with van der Waals surface area (Å²) < 4.78 is 29.5. The second-order valence-corrected chi connectivity index (χ2v) is 7.93. The van der Waals surface area contributed by atoms with Crippen LogP contribution in [0.3, 0.4) is 0 Å². The average molecular weight is 369 g/mol. The third kappa shape index (κ3) is 8.18. The summed E-state index contributed by atoms with van der Waals surface area (Å²) in [4.78, 5) is 16.4. The van der Waals surface area contributed by atoms with Crippen molar-refractivity contribution < 1.29 is 22.8 Å². The maximum absolute atomic E-state index is 12.1. The van der Waals surface area contributed by atoms with Crippen LogP contribution in [-0.4, -0.2) is 38.4 Å². The number of rotatable bonds is 9. The first kappa shape index (κ1) is 21.2. The molecule has 140 valence electrons. The van der Waals surface area contributed by atoms with E-state index in [1.165, 1.54) is 0 Å². The van der Waals surface area contributed by atoms with E-state index >= 15 is 0 Å². The molecule has 1 unspecified atom stereocenters. The molecule has 0 aliphatic rings. The molecule has 0 saturated carbocycles. The second-order valence-electron chi connectivity index (χ2n) is 6.10. The van der Waals surface area contributed by atoms with E-state index in [0.717, 1.165) is 29.0 Å². The van der Waals surface area contributed by atoms with Crippen molar-refractivity contribution in [2.45, 2.75) is 45.6 Å². The Morgan fingerprint density at radius 3 is 2.36 bits per heavy atom. The first-order valence-corrected chi connectivity index (χ1v) is 10.0. The van der Waals surface area contributed by atoms with E-state index in [9.17, 15) is 13.2 Å². The number of hydrogen-bond donors (Lipinski definition) is 0. The zero-order valence-electron chi connectivity index (χ0n) is 15.3. The van der Waals surface area contributed by atoms with Gasteiger partial charge in [-0.2, -0.15) is 0 Å². The van der Waals surface area contributed by atoms with Crippen molar-refractivity contribution in [2.24, 2.45) is 0 Å². The first-order valence-electron chi connectivity index (χ1n) is 8.16. The first-order chi connectivity index (χ1) is 11.7. The van der Waals surface area contributed by atoms with E-state index in [4.69, 9.17) is 4.84 Å². The molecular weight excluding hydrogens is 342 g/mol. The Morgan fingerprint density at radius 2 is 1.84 bits per heavy atom. The highest BCUT2D eigenvalue weighted by Crippen LogP contribution is 2.19. The van der Waals surface area contributed by atoms with Crippen molar-refractivity contribution in [3.8, 4) is 0 Å². The predicted molar refractivity (Wildman–Crippen MR) is 97.4 cm³/mol. The molecule has 1 aromatic carbocycles. The number of aryl methyl sites for hydroxylation is 1. The molecule has 1 aromatic rings. The van der Waals surface area contributed by atoms with Gasteiger partial charge in [0.15, 0.2) is 0 Å². The third-order valence-corrected chi connectivity index (χ3v) is 4.64. The van der Waals surface area contributed by atoms with Crippen molar-refractivity contribution in [3.63, 3.8) is 0 Å². The number of benzene rings is 1. The number of carbonyl (C=O) groups is 1. The molecule has 0 spiro atoms. The molecule has 0 N–H and O–H groups in total. The fourth-order valence-electron chi connectivity index (χ4n) is 2.42. The molecule has 1 rings (SSSR count). The van der Waals surface area contributed by atoms with Gasteiger partial charge in [0.05, 0.1) is 19.4 Å². The van der Waals surface area contributed by atoms with Gasteiger partial charge in [-0.25, -0.2) is 13.2 Å². The Bertz CT molecular complexity index is 666. The second kappa shape index (κ2) is 10.2. The number of carbonyl (C=O) groups excluding carboxylic acids is 1. The number of hydrogen-bond acceptors (Lipinski definition) is 5. The molecular formula is C18H27NO5S. The highest BCUT2D eigenvalue weighted by Gasteiger charge is 2.30. The minimum absolute atomic E-state index is 0.468. The smallest absolute Gasteiger partial charge is 0.436 e. The molecule has 0 radical (unpaired) electrons. The number of methoxy groups -OCH3 is 1. The van der Waals surface area contributed by atoms with Crippen LogP contribution in [0.1, 0.15) is 38.7 Å². The quantitative estimate of drug-likeness (QED) is 0.377. The number of hydroxylamine groups is 1. The Hall–Kier alpha value is -1.86. The lowest BCUT2D eigenvalue weighted by molar-refractivity contribution is -0.0847. The summed E-state index contributed by atoms with van der Waals surface area (Å²) in [6.45, 7) is 3.97. The van der Waals surface area contributed by atoms with E-state index < -0.39 is 22.2 Å². The third-order valence-electron chi connectivity index (χ3n) is 3.62. The van der Waals surface area contributed by atoms with Gasteiger partial charge in [0.1, 0.15) is 0 Å². The minimum atomic E-state index is -3.73. The molecule has 0 aliphatic heterocycles. The van der Waals surface area contributed by atoms with Gasteiger partial charge in [-0.3, -0.25) is 0 Å². The summed E-state index contributed by atoms with van der Waals surface area (Å²) in [5, 5.41) is 0. The zero-order valence-corrected chi connectivity index (χ0v) is 16.1. The van der Waals surface area contributed by atoms with E-state index in [-0.39, 0.29) is 0 Å². The lowest BCUT2D eigenvalue weighted by atomic mass is 10.0. The molecule has 0 saturated heterocycles. The van der Waals surface area contributed by atoms with Crippen LogP contribution in [-0.2, 0) is 26.0 Å². The molecule has 0 amide bonds. The van der Waals surface area contributed by atoms with Crippen LogP contribution < -0.4 is 0 Å². The summed E-state index contributed by atoms with van der Waals surface area (Å²) in [6, 6.07) is 9.31. The Kier molecular flexibility index (Phi) is 8.65. The molecule has 1 atom stereocenters. The molecule has 0 fully saturated rings. The minimum Gasteiger partial charge on any atom is -0.436 e. The Morgan fingerprint density at radius 1 is 1.20 bits per heavy atom. The summed E-state index contributed by atoms with van der Waals surface area (Å²) in [6.07, 6.45) is 4.46. The van der Waals surface area contributed by atoms with Gasteiger partial charge in [0, 0.05) is 0 Å². The van der Waals surface area contributed by atoms with E-state index in [2.05, 4.69) is 4.74 Å². The van der Waals surface area contributed by atoms with Crippen LogP contribution in [0.2, 0.25) is 0 Å². The molecule has 25 heavy (non-hydrogen) atoms. The fraction of sp³-hybridized carbons (Fsp3) is 0.500. The number of sulfonamides is 1. The molecule has 7 heteroatoms. The van der Waals surface area contributed by atoms with Gasteiger partial charge in [-0.05, 0) is 49.6 Å². The summed E-state index contributed by atoms with van der Waals surface area (Å²) >= 11 is 0. The zero-order chi connectivity index (χ0) is 18.9. The predicted octanol–water partition coefficient (Wildman–Crippen LogP) is 3.69. The summed E-state index contributed by atoms with van der Waals surface area (Å²) in [5.74, 6) is 0. The van der Waals surface area contributed by atoms with Crippen LogP contribution in [0.15, 0.2) is 42.0 Å². The largest absolute Gasteiger partial charge is 0.528 e. The van der Waals surface area contributed by atoms with Crippen LogP contribution in [0.5, 0.6) is 0 Å². The van der Waals surface area contributed by atoms with Crippen molar-refractivity contribution in [2.75, 3.05) is 13.4 Å². The van der Waals surface area contributed by atoms with Crippen LogP contribution >= 0.6 is 0 Å². The van der Waals surface area contributed by atoms with Crippen molar-refractivity contribution in [3.05, 3.63) is 47.5 Å². The standard InChI is InChI=1S/C18H27NO5S/c1-15(2)9-8-12-17(14-13-16-10-6-5-7-11-16)19(25(4,21)22)24-18(20)23-3/h5-7,9-11,17H,8,12-14H2,1-4H3. The van der Waals surface area contributed by atoms with Crippen molar-refractivity contribution in [1.82, 2.24) is 4.47 Å². The van der Waals surface area contributed by atoms with E-state index in [1.807, 2.05) is 50.3 Å². The maximum Gasteiger partial charge on any atom is 0.528 e. The van der Waals surface area contributed by atoms with Crippen molar-refractivity contribution in [1.29, 1.82) is 0 Å². The fourth-order valence-corrected chi connectivity index (χ4v) is 3.37. The Labute approximate surface area is 150 Å². The topological polar surface area (TPSA) is 72.9 Å². The van der Waals surface area contributed by atoms with Crippen LogP contribution in [0.25, 0.3) is 0 Å². The highest BCUT2D eigenvalue weighted by molar-refractivity contribution is 7.88. The maximum atomic E-state index is 12.1. The number of ether oxygens (including phenoxy) is 1. The van der Waals surface area contributed by atoms with Gasteiger partial charge in [0.2, 0.25) is 10.0 Å². The summed E-state index contributed by atoms with van der Waals surface area (Å²) in [7, 11) is -2.59. The van der Waals surface area contributed by atoms with Crippen LogP contribution in [0.4, 0.5) is 4.79 Å². The van der Waals surface area contributed by atoms with Gasteiger partial charge >= 0.3 is 6.16 Å². The lowest BCUT2D eigenvalue weighted by Crippen LogP contribution is -2.41. The normalized spacial score (nSPS) is 12.5.